The molecular formula is C2H18N8O4Pt2. The van der Waals surface area contributed by atoms with Crippen molar-refractivity contribution < 1.29 is 61.9 Å². The Morgan fingerprint density at radius 3 is 0.562 bits per heavy atom. The minimum Gasteiger partial charge on any atom is -0.693 e. The zero-order valence-electron chi connectivity index (χ0n) is 7.96. The molecule has 0 amide bonds. The molecule has 0 saturated heterocycles. The third-order valence-electron chi connectivity index (χ3n) is 0.183. The van der Waals surface area contributed by atoms with Crippen LogP contribution in [0.3, 0.4) is 0 Å². The molecule has 0 atom stereocenters. The first-order valence-corrected chi connectivity index (χ1v) is 1.11. The van der Waals surface area contributed by atoms with Crippen LogP contribution >= 0.6 is 0 Å². The molecule has 18 N–H and O–H groups in total. The summed E-state index contributed by atoms with van der Waals surface area (Å²) in [6, 6.07) is 0. The molecule has 110 valence electrons. The van der Waals surface area contributed by atoms with Crippen LogP contribution in [0.5, 0.6) is 0 Å². The van der Waals surface area contributed by atoms with Crippen molar-refractivity contribution in [2.24, 2.45) is 0 Å². The Bertz CT molecular complexity index is 94.0. The summed E-state index contributed by atoms with van der Waals surface area (Å²) in [5.74, 6) is -3.65. The van der Waals surface area contributed by atoms with E-state index < -0.39 is 11.9 Å². The van der Waals surface area contributed by atoms with Crippen LogP contribution in [0, 0.1) is 0 Å². The van der Waals surface area contributed by atoms with Gasteiger partial charge in [0.25, 0.3) is 0 Å². The van der Waals surface area contributed by atoms with Gasteiger partial charge in [0.1, 0.15) is 0 Å². The average molecular weight is 608 g/mol. The van der Waals surface area contributed by atoms with E-state index in [1.165, 1.54) is 0 Å². The second-order valence-electron chi connectivity index (χ2n) is 0.610. The Balaban J connectivity index is -0.00000000278. The van der Waals surface area contributed by atoms with Crippen LogP contribution < -0.4 is 0 Å². The summed E-state index contributed by atoms with van der Waals surface area (Å²) < 4.78 is 0. The Morgan fingerprint density at radius 1 is 0.500 bits per heavy atom. The van der Waals surface area contributed by atoms with Gasteiger partial charge in [-0.25, -0.2) is 9.59 Å². The van der Waals surface area contributed by atoms with Gasteiger partial charge in [0.05, 0.1) is 0 Å². The number of carboxylic acids is 2. The molecule has 0 aromatic heterocycles. The predicted octanol–water partition coefficient (Wildman–Crippen LogP) is 4.89. The Kier molecular flexibility index (Phi) is 736. The quantitative estimate of drug-likeness (QED) is 0.362. The second-order valence-corrected chi connectivity index (χ2v) is 0.610. The van der Waals surface area contributed by atoms with Gasteiger partial charge in [-0.2, -0.15) is 0 Å². The van der Waals surface area contributed by atoms with Gasteiger partial charge in [-0.05, 0) is 0 Å². The zero-order chi connectivity index (χ0) is 5.15. The van der Waals surface area contributed by atoms with Crippen molar-refractivity contribution in [1.29, 1.82) is 0 Å². The monoisotopic (exact) mass is 608 g/mol. The van der Waals surface area contributed by atoms with Crippen molar-refractivity contribution >= 4 is 11.9 Å². The minimum atomic E-state index is -1.82. The molecule has 0 aromatic carbocycles. The van der Waals surface area contributed by atoms with Crippen LogP contribution in [0.4, 0.5) is 0 Å². The Labute approximate surface area is 123 Å². The fourth-order valence-electron chi connectivity index (χ4n) is 0. The minimum absolute atomic E-state index is 0. The van der Waals surface area contributed by atoms with Crippen LogP contribution in [0.1, 0.15) is 0 Å². The molecule has 0 heterocycles. The first-order chi connectivity index (χ1) is 2.64. The SMILES string of the molecule is O=C(O)C(=O)O.[NH2-].[NH2-].[NH2-].[NH2-].[NH2-].[NH2-].[NH2-].[NH2-].[Pt+4].[Pt+4]. The van der Waals surface area contributed by atoms with Crippen molar-refractivity contribution in [2.45, 2.75) is 0 Å². The number of hydrogen-bond donors (Lipinski definition) is 2. The molecule has 0 spiro atoms. The predicted molar refractivity (Wildman–Crippen MR) is 57.5 cm³/mol. The largest absolute Gasteiger partial charge is 4.00 e. The first-order valence-electron chi connectivity index (χ1n) is 1.11. The third-order valence-corrected chi connectivity index (χ3v) is 0.183. The summed E-state index contributed by atoms with van der Waals surface area (Å²) in [5.41, 5.74) is 0. The van der Waals surface area contributed by atoms with Crippen molar-refractivity contribution in [3.63, 3.8) is 0 Å². The molecule has 0 saturated carbocycles. The number of aliphatic carboxylic acids is 2. The Hall–Kier alpha value is -0.00338. The van der Waals surface area contributed by atoms with Crippen molar-refractivity contribution in [1.82, 2.24) is 0 Å². The van der Waals surface area contributed by atoms with Crippen molar-refractivity contribution in [2.75, 3.05) is 0 Å². The molecule has 0 aliphatic heterocycles. The summed E-state index contributed by atoms with van der Waals surface area (Å²) in [7, 11) is 0. The van der Waals surface area contributed by atoms with E-state index in [1.807, 2.05) is 0 Å². The van der Waals surface area contributed by atoms with Gasteiger partial charge in [-0.3, -0.25) is 0 Å². The number of hydrogen-bond acceptors (Lipinski definition) is 2. The van der Waals surface area contributed by atoms with Crippen LogP contribution in [-0.4, -0.2) is 22.2 Å². The smallest absolute Gasteiger partial charge is 0.693 e. The van der Waals surface area contributed by atoms with Crippen LogP contribution in [0.2, 0.25) is 0 Å². The van der Waals surface area contributed by atoms with Crippen molar-refractivity contribution in [3.05, 3.63) is 49.2 Å². The standard InChI is InChI=1S/C2H2O4.8H2N.2Pt/c3-1(4)2(5)6;;;;;;;;;;/h(H,3,4)(H,5,6);8*1H2;;/q;8*-1;2*+4. The molecule has 0 aliphatic carbocycles. The van der Waals surface area contributed by atoms with Gasteiger partial charge in [-0.15, -0.1) is 0 Å². The second kappa shape index (κ2) is 81.7. The summed E-state index contributed by atoms with van der Waals surface area (Å²) >= 11 is 0. The van der Waals surface area contributed by atoms with Gasteiger partial charge < -0.3 is 59.4 Å². The van der Waals surface area contributed by atoms with E-state index in [-0.39, 0.29) is 91.3 Å². The maximum atomic E-state index is 9.10. The molecule has 0 bridgehead atoms. The normalized spacial score (nSPS) is 2.75. The van der Waals surface area contributed by atoms with Crippen molar-refractivity contribution in [3.8, 4) is 0 Å². The summed E-state index contributed by atoms with van der Waals surface area (Å²) in [4.78, 5) is 18.2. The van der Waals surface area contributed by atoms with E-state index in [4.69, 9.17) is 19.8 Å². The topological polar surface area (TPSA) is 343 Å². The Morgan fingerprint density at radius 2 is 0.562 bits per heavy atom. The molecule has 12 nitrogen and oxygen atoms in total. The molecule has 0 aromatic rings. The van der Waals surface area contributed by atoms with Gasteiger partial charge in [-0.1, -0.05) is 0 Å². The number of nitrogens with two attached hydrogens (primary N) is 8. The van der Waals surface area contributed by atoms with Gasteiger partial charge in [0.2, 0.25) is 0 Å². The van der Waals surface area contributed by atoms with Crippen LogP contribution in [0.15, 0.2) is 0 Å². The van der Waals surface area contributed by atoms with E-state index >= 15 is 0 Å². The van der Waals surface area contributed by atoms with E-state index in [1.54, 1.807) is 0 Å². The summed E-state index contributed by atoms with van der Waals surface area (Å²) in [6.07, 6.45) is 0. The summed E-state index contributed by atoms with van der Waals surface area (Å²) in [6.45, 7) is 0. The molecule has 14 heteroatoms. The van der Waals surface area contributed by atoms with Gasteiger partial charge in [0, 0.05) is 0 Å². The fourth-order valence-corrected chi connectivity index (χ4v) is 0. The zero-order valence-corrected chi connectivity index (χ0v) is 12.5. The number of carbonyl (C=O) groups is 2. The van der Waals surface area contributed by atoms with E-state index in [9.17, 15) is 0 Å². The van der Waals surface area contributed by atoms with E-state index in [2.05, 4.69) is 0 Å². The molecule has 0 radical (unpaired) electrons. The van der Waals surface area contributed by atoms with Gasteiger partial charge >= 0.3 is 54.1 Å². The first kappa shape index (κ1) is 144. The molecule has 0 aliphatic rings. The molecule has 0 rings (SSSR count). The number of rotatable bonds is 0. The molecule has 0 fully saturated rings. The van der Waals surface area contributed by atoms with E-state index in [0.717, 1.165) is 0 Å². The average Bonchev–Trinajstić information content (AvgIpc) is 1.36. The third kappa shape index (κ3) is 148. The maximum Gasteiger partial charge on any atom is 4.00 e. The van der Waals surface area contributed by atoms with Crippen LogP contribution in [-0.2, 0) is 51.7 Å². The summed E-state index contributed by atoms with van der Waals surface area (Å²) in [5, 5.41) is 14.8. The van der Waals surface area contributed by atoms with Crippen LogP contribution in [0.25, 0.3) is 49.2 Å². The fraction of sp³-hybridized carbons (Fsp3) is 0. The van der Waals surface area contributed by atoms with Gasteiger partial charge in [0.15, 0.2) is 0 Å². The number of carboxylic acid groups (broad SMARTS) is 2. The molecular weight excluding hydrogens is 590 g/mol. The molecule has 0 unspecified atom stereocenters. The molecule has 16 heavy (non-hydrogen) atoms. The maximum absolute atomic E-state index is 9.10. The van der Waals surface area contributed by atoms with E-state index in [0.29, 0.717) is 0 Å².